The second-order valence-corrected chi connectivity index (χ2v) is 11.6. The fraction of sp³-hybridized carbons (Fsp3) is 0.333. The number of amidine groups is 1. The van der Waals surface area contributed by atoms with Crippen LogP contribution in [0.3, 0.4) is 0 Å². The summed E-state index contributed by atoms with van der Waals surface area (Å²) >= 11 is 6.01. The molecule has 0 fully saturated rings. The summed E-state index contributed by atoms with van der Waals surface area (Å²) < 4.78 is 28.4. The van der Waals surface area contributed by atoms with Gasteiger partial charge in [0.2, 0.25) is 15.9 Å². The Hall–Kier alpha value is -2.94. The molecule has 1 aliphatic rings. The second kappa shape index (κ2) is 11.4. The number of carbonyl (C=O) groups excluding carboxylic acids is 1. The molecule has 9 heteroatoms. The lowest BCUT2D eigenvalue weighted by Gasteiger charge is -2.24. The number of hydrogen-bond donors (Lipinski definition) is 2. The Bertz CT molecular complexity index is 1260. The van der Waals surface area contributed by atoms with Crippen molar-refractivity contribution in [1.29, 1.82) is 0 Å². The van der Waals surface area contributed by atoms with Gasteiger partial charge >= 0.3 is 0 Å². The molecule has 0 saturated heterocycles. The largest absolute Gasteiger partial charge is 0.357 e. The van der Waals surface area contributed by atoms with E-state index in [1.807, 2.05) is 32.9 Å². The van der Waals surface area contributed by atoms with Crippen LogP contribution in [0.25, 0.3) is 0 Å². The van der Waals surface area contributed by atoms with Gasteiger partial charge < -0.3 is 10.6 Å². The average molecular weight is 529 g/mol. The van der Waals surface area contributed by atoms with Gasteiger partial charge in [0.1, 0.15) is 11.9 Å². The molecular formula is C27H33ClN4O3S. The molecule has 0 radical (unpaired) electrons. The lowest BCUT2D eigenvalue weighted by Crippen LogP contribution is -2.51. The fourth-order valence-electron chi connectivity index (χ4n) is 3.80. The van der Waals surface area contributed by atoms with Crippen molar-refractivity contribution >= 4 is 33.4 Å². The number of hydrogen-bond acceptors (Lipinski definition) is 5. The molecule has 3 rings (SSSR count). The predicted molar refractivity (Wildman–Crippen MR) is 145 cm³/mol. The molecule has 2 aromatic rings. The van der Waals surface area contributed by atoms with Crippen molar-refractivity contribution in [3.63, 3.8) is 0 Å². The van der Waals surface area contributed by atoms with Crippen LogP contribution in [0, 0.1) is 0 Å². The number of allylic oxidation sites excluding steroid dienone is 1. The molecule has 0 aromatic heterocycles. The molecular weight excluding hydrogens is 496 g/mol. The number of halogens is 1. The van der Waals surface area contributed by atoms with E-state index >= 15 is 0 Å². The van der Waals surface area contributed by atoms with Gasteiger partial charge in [-0.15, -0.1) is 0 Å². The lowest BCUT2D eigenvalue weighted by atomic mass is 9.96. The first-order chi connectivity index (χ1) is 16.9. The fourth-order valence-corrected chi connectivity index (χ4v) is 5.37. The van der Waals surface area contributed by atoms with Gasteiger partial charge in [-0.3, -0.25) is 9.79 Å². The molecule has 0 spiro atoms. The molecule has 2 N–H and O–H groups in total. The van der Waals surface area contributed by atoms with Crippen molar-refractivity contribution in [2.75, 3.05) is 6.54 Å². The molecule has 1 amide bonds. The quantitative estimate of drug-likeness (QED) is 0.443. The van der Waals surface area contributed by atoms with Gasteiger partial charge in [0.25, 0.3) is 0 Å². The van der Waals surface area contributed by atoms with E-state index < -0.39 is 21.6 Å². The smallest absolute Gasteiger partial charge is 0.249 e. The summed E-state index contributed by atoms with van der Waals surface area (Å²) in [6.07, 6.45) is 0.968. The summed E-state index contributed by atoms with van der Waals surface area (Å²) in [5, 5.41) is 6.57. The third kappa shape index (κ3) is 6.63. The van der Waals surface area contributed by atoms with Crippen molar-refractivity contribution < 1.29 is 13.2 Å². The number of aliphatic imine (C=N–C) groups is 1. The Morgan fingerprint density at radius 1 is 1.14 bits per heavy atom. The molecule has 7 nitrogen and oxygen atoms in total. The van der Waals surface area contributed by atoms with E-state index in [4.69, 9.17) is 11.6 Å². The minimum absolute atomic E-state index is 0.178. The van der Waals surface area contributed by atoms with Crippen LogP contribution in [0.2, 0.25) is 5.02 Å². The Balaban J connectivity index is 1.76. The zero-order valence-corrected chi connectivity index (χ0v) is 22.5. The van der Waals surface area contributed by atoms with Crippen LogP contribution >= 0.6 is 11.6 Å². The average Bonchev–Trinajstić information content (AvgIpc) is 3.18. The summed E-state index contributed by atoms with van der Waals surface area (Å²) in [5.74, 6) is 0.292. The highest BCUT2D eigenvalue weighted by Crippen LogP contribution is 2.25. The minimum atomic E-state index is -3.77. The number of benzene rings is 2. The highest BCUT2D eigenvalue weighted by Gasteiger charge is 2.41. The normalized spacial score (nSPS) is 16.8. The van der Waals surface area contributed by atoms with E-state index in [1.165, 1.54) is 4.31 Å². The second-order valence-electron chi connectivity index (χ2n) is 9.27. The van der Waals surface area contributed by atoms with E-state index in [9.17, 15) is 13.2 Å². The van der Waals surface area contributed by atoms with E-state index in [0.29, 0.717) is 35.0 Å². The maximum absolute atomic E-state index is 13.5. The van der Waals surface area contributed by atoms with E-state index in [-0.39, 0.29) is 23.9 Å². The van der Waals surface area contributed by atoms with Crippen molar-refractivity contribution in [1.82, 2.24) is 14.9 Å². The van der Waals surface area contributed by atoms with Crippen LogP contribution in [0.1, 0.15) is 39.2 Å². The summed E-state index contributed by atoms with van der Waals surface area (Å²) in [6.45, 7) is 14.0. The number of rotatable bonds is 11. The number of carbonyl (C=O) groups is 1. The van der Waals surface area contributed by atoms with Crippen LogP contribution in [0.5, 0.6) is 0 Å². The van der Waals surface area contributed by atoms with Crippen molar-refractivity contribution in [2.24, 2.45) is 4.99 Å². The molecule has 1 heterocycles. The van der Waals surface area contributed by atoms with Gasteiger partial charge in [-0.25, -0.2) is 8.42 Å². The molecule has 36 heavy (non-hydrogen) atoms. The van der Waals surface area contributed by atoms with Gasteiger partial charge in [-0.1, -0.05) is 62.0 Å². The molecule has 2 aromatic carbocycles. The zero-order valence-electron chi connectivity index (χ0n) is 20.9. The van der Waals surface area contributed by atoms with E-state index in [1.54, 1.807) is 42.5 Å². The first-order valence-corrected chi connectivity index (χ1v) is 13.6. The van der Waals surface area contributed by atoms with Crippen molar-refractivity contribution in [2.45, 2.75) is 56.6 Å². The topological polar surface area (TPSA) is 90.9 Å². The summed E-state index contributed by atoms with van der Waals surface area (Å²) in [7, 11) is -3.77. The Labute approximate surface area is 219 Å². The van der Waals surface area contributed by atoms with Gasteiger partial charge in [0.05, 0.1) is 10.4 Å². The monoisotopic (exact) mass is 528 g/mol. The SMILES string of the molecule is C=C(CC)NC(=O)[C@@H]1NC(C(=C)CCN(Cc2ccc(Cl)cc2)S(=O)(=O)c2ccccc2)=NC1(C)C. The lowest BCUT2D eigenvalue weighted by molar-refractivity contribution is -0.123. The molecule has 0 aliphatic carbocycles. The highest BCUT2D eigenvalue weighted by molar-refractivity contribution is 7.89. The number of nitrogens with zero attached hydrogens (tertiary/aromatic N) is 2. The van der Waals surface area contributed by atoms with E-state index in [0.717, 1.165) is 5.56 Å². The number of nitrogens with one attached hydrogen (secondary N) is 2. The van der Waals surface area contributed by atoms with Crippen LogP contribution in [-0.4, -0.2) is 42.6 Å². The van der Waals surface area contributed by atoms with Gasteiger partial charge in [-0.2, -0.15) is 4.31 Å². The number of sulfonamides is 1. The van der Waals surface area contributed by atoms with Crippen LogP contribution < -0.4 is 10.6 Å². The maximum Gasteiger partial charge on any atom is 0.249 e. The summed E-state index contributed by atoms with van der Waals surface area (Å²) in [4.78, 5) is 17.6. The molecule has 1 atom stereocenters. The third-order valence-electron chi connectivity index (χ3n) is 6.03. The first kappa shape index (κ1) is 27.6. The first-order valence-electron chi connectivity index (χ1n) is 11.8. The Morgan fingerprint density at radius 2 is 1.78 bits per heavy atom. The van der Waals surface area contributed by atoms with Gasteiger partial charge in [-0.05, 0) is 62.1 Å². The molecule has 1 aliphatic heterocycles. The molecule has 0 saturated carbocycles. The molecule has 192 valence electrons. The van der Waals surface area contributed by atoms with Crippen LogP contribution in [0.15, 0.2) is 88.9 Å². The van der Waals surface area contributed by atoms with Gasteiger partial charge in [0.15, 0.2) is 0 Å². The van der Waals surface area contributed by atoms with E-state index in [2.05, 4.69) is 28.8 Å². The van der Waals surface area contributed by atoms with Crippen LogP contribution in [0.4, 0.5) is 0 Å². The van der Waals surface area contributed by atoms with Crippen molar-refractivity contribution in [3.05, 3.63) is 89.6 Å². The summed E-state index contributed by atoms with van der Waals surface area (Å²) in [5.41, 5.74) is 1.37. The summed E-state index contributed by atoms with van der Waals surface area (Å²) in [6, 6.07) is 14.8. The maximum atomic E-state index is 13.5. The molecule has 0 unspecified atom stereocenters. The Morgan fingerprint density at radius 3 is 2.39 bits per heavy atom. The zero-order chi connectivity index (χ0) is 26.5. The number of amides is 1. The molecule has 0 bridgehead atoms. The standard InChI is InChI=1S/C27H33ClN4O3S/c1-6-20(3)29-26(33)24-27(4,5)31-25(30-24)19(2)16-17-32(18-21-12-14-22(28)15-13-21)36(34,35)23-10-8-7-9-11-23/h7-15,24H,2-3,6,16-18H2,1,4-5H3,(H,29,33)(H,30,31)/t24-/m0/s1. The minimum Gasteiger partial charge on any atom is -0.357 e. The Kier molecular flexibility index (Phi) is 8.76. The highest BCUT2D eigenvalue weighted by atomic mass is 35.5. The van der Waals surface area contributed by atoms with Crippen LogP contribution in [-0.2, 0) is 21.4 Å². The van der Waals surface area contributed by atoms with Gasteiger partial charge in [0, 0.05) is 23.8 Å². The third-order valence-corrected chi connectivity index (χ3v) is 8.14. The van der Waals surface area contributed by atoms with Crippen molar-refractivity contribution in [3.8, 4) is 0 Å². The predicted octanol–water partition coefficient (Wildman–Crippen LogP) is 4.67.